The van der Waals surface area contributed by atoms with Gasteiger partial charge in [-0.15, -0.1) is 0 Å². The van der Waals surface area contributed by atoms with Crippen LogP contribution < -0.4 is 0 Å². The smallest absolute Gasteiger partial charge is 0.145 e. The highest BCUT2D eigenvalue weighted by atomic mass is 15.1. The summed E-state index contributed by atoms with van der Waals surface area (Å²) in [7, 11) is 0. The summed E-state index contributed by atoms with van der Waals surface area (Å²) in [5, 5.41) is 4.85. The van der Waals surface area contributed by atoms with Crippen molar-refractivity contribution in [3.63, 3.8) is 0 Å². The summed E-state index contributed by atoms with van der Waals surface area (Å²) in [6.45, 7) is 0. The lowest BCUT2D eigenvalue weighted by Gasteiger charge is -2.13. The van der Waals surface area contributed by atoms with Gasteiger partial charge in [-0.1, -0.05) is 121 Å². The molecule has 13 rings (SSSR count). The molecule has 62 heavy (non-hydrogen) atoms. The van der Waals surface area contributed by atoms with E-state index in [1.54, 1.807) is 0 Å². The fourth-order valence-corrected chi connectivity index (χ4v) is 9.62. The molecule has 0 N–H and O–H groups in total. The second-order valence-corrected chi connectivity index (χ2v) is 15.9. The Morgan fingerprint density at radius 1 is 0.242 bits per heavy atom. The third-order valence-electron chi connectivity index (χ3n) is 12.4. The first-order chi connectivity index (χ1) is 30.8. The Kier molecular flexibility index (Phi) is 7.50. The van der Waals surface area contributed by atoms with Crippen LogP contribution in [0.15, 0.2) is 218 Å². The molecule has 0 fully saturated rings. The molecule has 0 unspecified atom stereocenters. The third-order valence-corrected chi connectivity index (χ3v) is 12.4. The Labute approximate surface area is 356 Å². The van der Waals surface area contributed by atoms with Crippen molar-refractivity contribution in [3.8, 4) is 45.5 Å². The van der Waals surface area contributed by atoms with E-state index in [0.717, 1.165) is 67.6 Å². The monoisotopic (exact) mass is 792 g/mol. The molecular formula is C56H36N6. The lowest BCUT2D eigenvalue weighted by atomic mass is 10.1. The van der Waals surface area contributed by atoms with Crippen molar-refractivity contribution in [2.24, 2.45) is 0 Å². The standard InChI is InChI=1S/C56H36N6/c1-3-15-37(16-4-1)55-57-47-21-9-13-25-51(47)61(55)41-31-27-39(28-32-41)59-49-23-11-7-19-43(49)45-36-54-46(35-53(45)59)44-20-8-12-24-50(44)60(54)40-29-33-42(34-30-40)62-52-26-14-10-22-48(52)58-56(62)38-17-5-2-6-18-38/h1-36H. The summed E-state index contributed by atoms with van der Waals surface area (Å²) in [5.41, 5.74) is 15.3. The molecule has 0 radical (unpaired) electrons. The van der Waals surface area contributed by atoms with Gasteiger partial charge in [-0.05, 0) is 97.1 Å². The quantitative estimate of drug-likeness (QED) is 0.168. The lowest BCUT2D eigenvalue weighted by molar-refractivity contribution is 1.09. The summed E-state index contributed by atoms with van der Waals surface area (Å²) in [4.78, 5) is 10.2. The molecular weight excluding hydrogens is 757 g/mol. The summed E-state index contributed by atoms with van der Waals surface area (Å²) in [6, 6.07) is 77.8. The number of aromatic nitrogens is 6. The van der Waals surface area contributed by atoms with Gasteiger partial charge in [0.1, 0.15) is 11.6 Å². The Hall–Kier alpha value is -8.48. The van der Waals surface area contributed by atoms with Crippen LogP contribution in [-0.2, 0) is 0 Å². The topological polar surface area (TPSA) is 45.5 Å². The lowest BCUT2D eigenvalue weighted by Crippen LogP contribution is -1.99. The first-order valence-corrected chi connectivity index (χ1v) is 21.0. The zero-order chi connectivity index (χ0) is 40.7. The molecule has 0 aliphatic heterocycles. The van der Waals surface area contributed by atoms with Crippen LogP contribution in [0.25, 0.3) is 111 Å². The van der Waals surface area contributed by atoms with Crippen LogP contribution in [0.4, 0.5) is 0 Å². The predicted molar refractivity (Wildman–Crippen MR) is 255 cm³/mol. The molecule has 6 heteroatoms. The van der Waals surface area contributed by atoms with E-state index in [0.29, 0.717) is 0 Å². The van der Waals surface area contributed by atoms with E-state index in [9.17, 15) is 0 Å². The van der Waals surface area contributed by atoms with Gasteiger partial charge in [0.25, 0.3) is 0 Å². The predicted octanol–water partition coefficient (Wildman–Crippen LogP) is 13.9. The molecule has 4 aromatic heterocycles. The molecule has 0 aliphatic rings. The molecule has 0 atom stereocenters. The van der Waals surface area contributed by atoms with Crippen LogP contribution in [0.2, 0.25) is 0 Å². The van der Waals surface area contributed by atoms with Gasteiger partial charge >= 0.3 is 0 Å². The second-order valence-electron chi connectivity index (χ2n) is 15.9. The fourth-order valence-electron chi connectivity index (χ4n) is 9.62. The number of fused-ring (bicyclic) bond motifs is 8. The summed E-state index contributed by atoms with van der Waals surface area (Å²) < 4.78 is 9.37. The van der Waals surface area contributed by atoms with Gasteiger partial charge in [-0.2, -0.15) is 0 Å². The van der Waals surface area contributed by atoms with E-state index in [1.165, 1.54) is 43.6 Å². The molecule has 6 nitrogen and oxygen atoms in total. The van der Waals surface area contributed by atoms with Crippen LogP contribution in [0, 0.1) is 0 Å². The summed E-state index contributed by atoms with van der Waals surface area (Å²) in [6.07, 6.45) is 0. The average Bonchev–Trinajstić information content (AvgIpc) is 4.10. The highest BCUT2D eigenvalue weighted by Gasteiger charge is 2.20. The first-order valence-electron chi connectivity index (χ1n) is 21.0. The molecule has 0 saturated carbocycles. The zero-order valence-electron chi connectivity index (χ0n) is 33.5. The van der Waals surface area contributed by atoms with Crippen molar-refractivity contribution in [1.82, 2.24) is 28.2 Å². The van der Waals surface area contributed by atoms with Crippen LogP contribution >= 0.6 is 0 Å². The maximum atomic E-state index is 5.08. The van der Waals surface area contributed by atoms with Crippen LogP contribution in [-0.4, -0.2) is 28.2 Å². The van der Waals surface area contributed by atoms with Crippen molar-refractivity contribution < 1.29 is 0 Å². The van der Waals surface area contributed by atoms with Gasteiger partial charge in [0, 0.05) is 55.4 Å². The number of hydrogen-bond donors (Lipinski definition) is 0. The minimum absolute atomic E-state index is 0.928. The number of benzene rings is 9. The number of nitrogens with zero attached hydrogens (tertiary/aromatic N) is 6. The van der Waals surface area contributed by atoms with Crippen molar-refractivity contribution in [3.05, 3.63) is 218 Å². The minimum Gasteiger partial charge on any atom is -0.309 e. The van der Waals surface area contributed by atoms with E-state index >= 15 is 0 Å². The maximum Gasteiger partial charge on any atom is 0.145 e. The molecule has 290 valence electrons. The van der Waals surface area contributed by atoms with Crippen LogP contribution in [0.5, 0.6) is 0 Å². The molecule has 0 aliphatic carbocycles. The number of rotatable bonds is 6. The number of imidazole rings is 2. The van der Waals surface area contributed by atoms with E-state index in [1.807, 2.05) is 12.1 Å². The van der Waals surface area contributed by atoms with Gasteiger partial charge in [0.15, 0.2) is 0 Å². The van der Waals surface area contributed by atoms with Gasteiger partial charge < -0.3 is 9.13 Å². The van der Waals surface area contributed by atoms with Gasteiger partial charge in [-0.3, -0.25) is 9.13 Å². The number of hydrogen-bond acceptors (Lipinski definition) is 2. The van der Waals surface area contributed by atoms with E-state index < -0.39 is 0 Å². The normalized spacial score (nSPS) is 11.9. The number of para-hydroxylation sites is 6. The molecule has 4 heterocycles. The van der Waals surface area contributed by atoms with Crippen LogP contribution in [0.3, 0.4) is 0 Å². The molecule has 0 saturated heterocycles. The SMILES string of the molecule is c1ccc(-c2nc3ccccc3n2-c2ccc(-n3c4ccccc4c4cc5c(cc43)c3ccccc3n5-c3ccc(-n4c(-c5ccccc5)nc5ccccc54)cc3)cc2)cc1. The van der Waals surface area contributed by atoms with Crippen molar-refractivity contribution in [2.45, 2.75) is 0 Å². The van der Waals surface area contributed by atoms with Crippen molar-refractivity contribution in [1.29, 1.82) is 0 Å². The highest BCUT2D eigenvalue weighted by Crippen LogP contribution is 2.40. The Morgan fingerprint density at radius 3 is 0.968 bits per heavy atom. The van der Waals surface area contributed by atoms with E-state index in [2.05, 4.69) is 225 Å². The maximum absolute atomic E-state index is 5.08. The minimum atomic E-state index is 0.928. The molecule has 0 spiro atoms. The first kappa shape index (κ1) is 34.4. The molecule has 0 bridgehead atoms. The van der Waals surface area contributed by atoms with E-state index in [-0.39, 0.29) is 0 Å². The van der Waals surface area contributed by atoms with E-state index in [4.69, 9.17) is 9.97 Å². The Balaban J connectivity index is 0.967. The summed E-state index contributed by atoms with van der Waals surface area (Å²) in [5.74, 6) is 1.86. The highest BCUT2D eigenvalue weighted by molar-refractivity contribution is 6.19. The largest absolute Gasteiger partial charge is 0.309 e. The van der Waals surface area contributed by atoms with Gasteiger partial charge in [0.2, 0.25) is 0 Å². The van der Waals surface area contributed by atoms with Crippen molar-refractivity contribution in [2.75, 3.05) is 0 Å². The zero-order valence-corrected chi connectivity index (χ0v) is 33.5. The fraction of sp³-hybridized carbons (Fsp3) is 0. The molecule has 13 aromatic rings. The Morgan fingerprint density at radius 2 is 0.565 bits per heavy atom. The average molecular weight is 793 g/mol. The molecule has 9 aromatic carbocycles. The second kappa shape index (κ2) is 13.5. The van der Waals surface area contributed by atoms with Crippen molar-refractivity contribution >= 4 is 65.7 Å². The molecule has 0 amide bonds. The third kappa shape index (κ3) is 5.17. The van der Waals surface area contributed by atoms with Gasteiger partial charge in [0.05, 0.1) is 44.1 Å². The summed E-state index contributed by atoms with van der Waals surface area (Å²) >= 11 is 0. The van der Waals surface area contributed by atoms with Gasteiger partial charge in [-0.25, -0.2) is 9.97 Å². The Bertz CT molecular complexity index is 3580. The van der Waals surface area contributed by atoms with Crippen LogP contribution in [0.1, 0.15) is 0 Å².